The van der Waals surface area contributed by atoms with Crippen LogP contribution in [0.25, 0.3) is 0 Å². The number of aliphatic imine (C=N–C) groups is 2. The van der Waals surface area contributed by atoms with Crippen LogP contribution in [0, 0.1) is 0 Å². The van der Waals surface area contributed by atoms with Gasteiger partial charge in [-0.25, -0.2) is 24.0 Å². The third kappa shape index (κ3) is 21.0. The van der Waals surface area contributed by atoms with Crippen molar-refractivity contribution in [3.63, 3.8) is 0 Å². The van der Waals surface area contributed by atoms with Gasteiger partial charge in [0.25, 0.3) is 0 Å². The monoisotopic (exact) mass is 801 g/mol. The highest BCUT2D eigenvalue weighted by molar-refractivity contribution is 6.08. The number of imide groups is 2. The first-order valence-electron chi connectivity index (χ1n) is 18.0. The van der Waals surface area contributed by atoms with E-state index in [4.69, 9.17) is 36.1 Å². The number of hydrogen-bond acceptors (Lipinski definition) is 14. The lowest BCUT2D eigenvalue weighted by Crippen LogP contribution is -2.53. The lowest BCUT2D eigenvalue weighted by molar-refractivity contribution is -0.142. The second-order valence-electron chi connectivity index (χ2n) is 16.6. The summed E-state index contributed by atoms with van der Waals surface area (Å²) in [6.07, 6.45) is -4.31. The zero-order valence-corrected chi connectivity index (χ0v) is 34.9. The van der Waals surface area contributed by atoms with Gasteiger partial charge < -0.3 is 51.9 Å². The number of carboxylic acids is 1. The number of carbonyl (C=O) groups excluding carboxylic acids is 6. The fourth-order valence-electron chi connectivity index (χ4n) is 3.96. The molecule has 0 bridgehead atoms. The molecule has 0 aromatic rings. The molecule has 56 heavy (non-hydrogen) atoms. The number of hydrogen-bond donors (Lipinski definition) is 6. The SMILES string of the molecule is C[C@@H](NC(=O)[C@@H](N)CCCN=C(N)N(C(=O)OC(C)(C)C)C(=O)OC(C)(C)C)C(=O)N[C@H](CCCN=C(N)N(C(=O)OC(C)(C)C)C(=O)OC(C)(C)C)C(=O)O. The Kier molecular flexibility index (Phi) is 19.2. The van der Waals surface area contributed by atoms with Crippen LogP contribution in [0.3, 0.4) is 0 Å². The Morgan fingerprint density at radius 3 is 1.21 bits per heavy atom. The molecule has 0 aliphatic heterocycles. The van der Waals surface area contributed by atoms with Gasteiger partial charge in [0.2, 0.25) is 23.7 Å². The summed E-state index contributed by atoms with van der Waals surface area (Å²) in [5.74, 6) is -3.94. The summed E-state index contributed by atoms with van der Waals surface area (Å²) in [4.78, 5) is 97.2. The predicted molar refractivity (Wildman–Crippen MR) is 205 cm³/mol. The van der Waals surface area contributed by atoms with E-state index in [-0.39, 0.29) is 38.8 Å². The number of carbonyl (C=O) groups is 7. The highest BCUT2D eigenvalue weighted by Crippen LogP contribution is 2.16. The van der Waals surface area contributed by atoms with Crippen LogP contribution in [0.2, 0.25) is 0 Å². The minimum atomic E-state index is -1.40. The number of nitrogens with two attached hydrogens (primary N) is 3. The molecule has 0 rings (SSSR count). The van der Waals surface area contributed by atoms with Crippen LogP contribution in [0.1, 0.15) is 116 Å². The number of amides is 6. The summed E-state index contributed by atoms with van der Waals surface area (Å²) < 4.78 is 21.0. The van der Waals surface area contributed by atoms with Gasteiger partial charge in [-0.2, -0.15) is 0 Å². The largest absolute Gasteiger partial charge is 0.480 e. The first kappa shape index (κ1) is 50.8. The molecule has 3 atom stereocenters. The number of nitrogens with zero attached hydrogens (tertiary/aromatic N) is 4. The first-order valence-corrected chi connectivity index (χ1v) is 18.0. The Bertz CT molecular complexity index is 1420. The molecule has 0 aromatic carbocycles. The molecule has 0 unspecified atom stereocenters. The van der Waals surface area contributed by atoms with Crippen molar-refractivity contribution in [1.29, 1.82) is 0 Å². The van der Waals surface area contributed by atoms with Crippen LogP contribution < -0.4 is 27.8 Å². The second-order valence-corrected chi connectivity index (χ2v) is 16.6. The third-order valence-electron chi connectivity index (χ3n) is 6.34. The van der Waals surface area contributed by atoms with Gasteiger partial charge in [0.1, 0.15) is 34.5 Å². The molecule has 21 heteroatoms. The highest BCUT2D eigenvalue weighted by atomic mass is 16.6. The molecule has 0 heterocycles. The number of carboxylic acid groups (broad SMARTS) is 1. The van der Waals surface area contributed by atoms with E-state index in [1.807, 2.05) is 0 Å². The Labute approximate surface area is 328 Å². The number of ether oxygens (including phenoxy) is 4. The molecule has 0 aromatic heterocycles. The fourth-order valence-corrected chi connectivity index (χ4v) is 3.96. The topological polar surface area (TPSA) is 310 Å². The maximum atomic E-state index is 12.8. The summed E-state index contributed by atoms with van der Waals surface area (Å²) in [5.41, 5.74) is 14.0. The average Bonchev–Trinajstić information content (AvgIpc) is 2.96. The van der Waals surface area contributed by atoms with Crippen LogP contribution in [0.4, 0.5) is 19.2 Å². The molecular weight excluding hydrogens is 738 g/mol. The summed E-state index contributed by atoms with van der Waals surface area (Å²) >= 11 is 0. The van der Waals surface area contributed by atoms with Gasteiger partial charge in [-0.05, 0) is 116 Å². The zero-order valence-electron chi connectivity index (χ0n) is 34.9. The van der Waals surface area contributed by atoms with E-state index in [2.05, 4.69) is 20.6 Å². The molecule has 0 saturated heterocycles. The maximum Gasteiger partial charge on any atom is 0.427 e. The molecule has 0 saturated carbocycles. The maximum absolute atomic E-state index is 12.8. The van der Waals surface area contributed by atoms with E-state index in [0.29, 0.717) is 9.80 Å². The Morgan fingerprint density at radius 2 is 0.911 bits per heavy atom. The lowest BCUT2D eigenvalue weighted by Gasteiger charge is -2.28. The van der Waals surface area contributed by atoms with Crippen LogP contribution in [-0.4, -0.2) is 123 Å². The zero-order chi connectivity index (χ0) is 44.0. The molecule has 0 aliphatic carbocycles. The highest BCUT2D eigenvalue weighted by Gasteiger charge is 2.35. The van der Waals surface area contributed by atoms with E-state index in [1.54, 1.807) is 83.1 Å². The molecule has 9 N–H and O–H groups in total. The van der Waals surface area contributed by atoms with Crippen molar-refractivity contribution in [3.8, 4) is 0 Å². The second kappa shape index (κ2) is 21.2. The molecule has 0 aliphatic rings. The first-order chi connectivity index (χ1) is 25.2. The van der Waals surface area contributed by atoms with Crippen LogP contribution in [0.15, 0.2) is 9.98 Å². The summed E-state index contributed by atoms with van der Waals surface area (Å²) in [7, 11) is 0. The van der Waals surface area contributed by atoms with E-state index in [0.717, 1.165) is 0 Å². The van der Waals surface area contributed by atoms with Gasteiger partial charge in [-0.3, -0.25) is 19.6 Å². The lowest BCUT2D eigenvalue weighted by atomic mass is 10.1. The summed E-state index contributed by atoms with van der Waals surface area (Å²) in [5, 5.41) is 14.5. The number of guanidine groups is 2. The molecule has 0 fully saturated rings. The van der Waals surface area contributed by atoms with Gasteiger partial charge in [-0.15, -0.1) is 9.80 Å². The third-order valence-corrected chi connectivity index (χ3v) is 6.34. The van der Waals surface area contributed by atoms with Crippen molar-refractivity contribution in [2.24, 2.45) is 27.2 Å². The van der Waals surface area contributed by atoms with Gasteiger partial charge in [-0.1, -0.05) is 0 Å². The Balaban J connectivity index is 5.35. The average molecular weight is 802 g/mol. The van der Waals surface area contributed by atoms with Crippen molar-refractivity contribution in [1.82, 2.24) is 20.4 Å². The van der Waals surface area contributed by atoms with Crippen molar-refractivity contribution in [2.45, 2.75) is 156 Å². The minimum Gasteiger partial charge on any atom is -0.480 e. The van der Waals surface area contributed by atoms with Gasteiger partial charge in [0.15, 0.2) is 0 Å². The van der Waals surface area contributed by atoms with Crippen molar-refractivity contribution in [3.05, 3.63) is 0 Å². The molecular formula is C35H63N9O12. The molecule has 320 valence electrons. The quantitative estimate of drug-likeness (QED) is 0.0675. The number of rotatable bonds is 13. The fraction of sp³-hybridized carbons (Fsp3) is 0.743. The van der Waals surface area contributed by atoms with Crippen LogP contribution in [-0.2, 0) is 33.3 Å². The molecule has 21 nitrogen and oxygen atoms in total. The molecule has 0 radical (unpaired) electrons. The molecule has 0 spiro atoms. The Hall–Kier alpha value is -5.21. The van der Waals surface area contributed by atoms with Gasteiger partial charge in [0.05, 0.1) is 6.04 Å². The predicted octanol–water partition coefficient (Wildman–Crippen LogP) is 2.92. The normalized spacial score (nSPS) is 14.3. The van der Waals surface area contributed by atoms with E-state index in [1.165, 1.54) is 6.92 Å². The Morgan fingerprint density at radius 1 is 0.589 bits per heavy atom. The van der Waals surface area contributed by atoms with Gasteiger partial charge >= 0.3 is 30.3 Å². The number of nitrogens with one attached hydrogen (secondary N) is 2. The molecule has 6 amide bonds. The van der Waals surface area contributed by atoms with Gasteiger partial charge in [0, 0.05) is 13.1 Å². The van der Waals surface area contributed by atoms with E-state index < -0.39 is 94.6 Å². The van der Waals surface area contributed by atoms with Crippen molar-refractivity contribution in [2.75, 3.05) is 13.1 Å². The number of aliphatic carboxylic acids is 1. The van der Waals surface area contributed by atoms with E-state index in [9.17, 15) is 38.7 Å². The van der Waals surface area contributed by atoms with Crippen molar-refractivity contribution < 1.29 is 57.6 Å². The summed E-state index contributed by atoms with van der Waals surface area (Å²) in [6, 6.07) is -3.71. The van der Waals surface area contributed by atoms with Crippen LogP contribution in [0.5, 0.6) is 0 Å². The minimum absolute atomic E-state index is 0.0420. The van der Waals surface area contributed by atoms with Crippen LogP contribution >= 0.6 is 0 Å². The van der Waals surface area contributed by atoms with Crippen molar-refractivity contribution >= 4 is 54.1 Å². The van der Waals surface area contributed by atoms with E-state index >= 15 is 0 Å². The standard InChI is InChI=1S/C35H63N9O12/c1-20(41-24(46)21(36)16-14-18-39-26(37)43(28(49)53-32(2,3)4)29(50)54-33(5,6)7)23(45)42-22(25(47)48)17-15-19-40-27(38)44(30(51)55-34(8,9)10)31(52)56-35(11,12)13/h20-22H,14-19,36H2,1-13H3,(H2,37,39)(H2,38,40)(H,41,46)(H,42,45)(H,47,48)/t20-,21+,22-/m1/s1. The summed E-state index contributed by atoms with van der Waals surface area (Å²) in [6.45, 7) is 20.3. The smallest absolute Gasteiger partial charge is 0.427 e.